The molecule has 0 heterocycles. The normalized spacial score (nSPS) is 12.4. The van der Waals surface area contributed by atoms with Gasteiger partial charge in [-0.1, -0.05) is 53.2 Å². The van der Waals surface area contributed by atoms with Crippen molar-refractivity contribution in [3.63, 3.8) is 0 Å². The number of sulfonamides is 1. The molecule has 0 aromatic heterocycles. The highest BCUT2D eigenvalue weighted by atomic mass is 79.9. The van der Waals surface area contributed by atoms with Crippen LogP contribution >= 0.6 is 15.9 Å². The van der Waals surface area contributed by atoms with Crippen LogP contribution in [-0.4, -0.2) is 27.1 Å². The zero-order chi connectivity index (χ0) is 18.4. The number of nitrogens with zero attached hydrogens (tertiary/aromatic N) is 1. The van der Waals surface area contributed by atoms with E-state index in [1.54, 1.807) is 24.3 Å². The summed E-state index contributed by atoms with van der Waals surface area (Å²) in [6.07, 6.45) is 1.81. The van der Waals surface area contributed by atoms with Crippen LogP contribution in [0.1, 0.15) is 24.9 Å². The number of amides is 1. The van der Waals surface area contributed by atoms with Crippen LogP contribution in [0.25, 0.3) is 0 Å². The number of nitrogens with one attached hydrogen (secondary N) is 1. The van der Waals surface area contributed by atoms with Gasteiger partial charge in [0.2, 0.25) is 15.9 Å². The van der Waals surface area contributed by atoms with E-state index >= 15 is 0 Å². The maximum Gasteiger partial charge on any atom is 0.241 e. The van der Waals surface area contributed by atoms with Gasteiger partial charge in [0.25, 0.3) is 0 Å². The second-order valence-electron chi connectivity index (χ2n) is 5.69. The van der Waals surface area contributed by atoms with Gasteiger partial charge in [0.1, 0.15) is 6.54 Å². The Morgan fingerprint density at radius 3 is 2.24 bits per heavy atom. The van der Waals surface area contributed by atoms with Crippen molar-refractivity contribution >= 4 is 37.5 Å². The van der Waals surface area contributed by atoms with E-state index in [0.29, 0.717) is 12.1 Å². The predicted molar refractivity (Wildman–Crippen MR) is 104 cm³/mol. The van der Waals surface area contributed by atoms with Gasteiger partial charge in [-0.3, -0.25) is 9.10 Å². The summed E-state index contributed by atoms with van der Waals surface area (Å²) in [5.41, 5.74) is 1.45. The second-order valence-corrected chi connectivity index (χ2v) is 8.51. The fourth-order valence-corrected chi connectivity index (χ4v) is 3.60. The molecule has 1 atom stereocenters. The Morgan fingerprint density at radius 2 is 1.72 bits per heavy atom. The molecule has 2 aromatic rings. The van der Waals surface area contributed by atoms with Gasteiger partial charge in [-0.15, -0.1) is 0 Å². The van der Waals surface area contributed by atoms with Gasteiger partial charge in [0, 0.05) is 4.47 Å². The Hall–Kier alpha value is -1.86. The molecule has 134 valence electrons. The van der Waals surface area contributed by atoms with Gasteiger partial charge >= 0.3 is 0 Å². The fourth-order valence-electron chi connectivity index (χ4n) is 2.48. The fraction of sp³-hybridized carbons (Fsp3) is 0.278. The zero-order valence-electron chi connectivity index (χ0n) is 14.1. The van der Waals surface area contributed by atoms with Crippen molar-refractivity contribution in [3.8, 4) is 0 Å². The van der Waals surface area contributed by atoms with Crippen molar-refractivity contribution in [3.05, 3.63) is 64.6 Å². The third kappa shape index (κ3) is 5.57. The molecule has 0 aliphatic heterocycles. The van der Waals surface area contributed by atoms with E-state index in [9.17, 15) is 13.2 Å². The maximum atomic E-state index is 12.5. The second kappa shape index (κ2) is 8.49. The minimum atomic E-state index is -3.58. The van der Waals surface area contributed by atoms with Gasteiger partial charge in [-0.2, -0.15) is 0 Å². The predicted octanol–water partition coefficient (Wildman–Crippen LogP) is 3.48. The Morgan fingerprint density at radius 1 is 1.12 bits per heavy atom. The van der Waals surface area contributed by atoms with Crippen LogP contribution in [0.15, 0.2) is 59.1 Å². The number of anilines is 1. The van der Waals surface area contributed by atoms with Crippen LogP contribution in [0, 0.1) is 0 Å². The van der Waals surface area contributed by atoms with E-state index < -0.39 is 10.0 Å². The monoisotopic (exact) mass is 424 g/mol. The molecule has 0 saturated heterocycles. The van der Waals surface area contributed by atoms with Crippen LogP contribution in [0.2, 0.25) is 0 Å². The van der Waals surface area contributed by atoms with Crippen LogP contribution in [-0.2, 0) is 14.8 Å². The summed E-state index contributed by atoms with van der Waals surface area (Å²) < 4.78 is 26.2. The number of carbonyl (C=O) groups excluding carboxylic acids is 1. The highest BCUT2D eigenvalue weighted by Crippen LogP contribution is 2.21. The molecular weight excluding hydrogens is 404 g/mol. The minimum Gasteiger partial charge on any atom is -0.348 e. The van der Waals surface area contributed by atoms with E-state index in [4.69, 9.17) is 0 Å². The lowest BCUT2D eigenvalue weighted by Gasteiger charge is -2.24. The third-order valence-corrected chi connectivity index (χ3v) is 5.42. The van der Waals surface area contributed by atoms with E-state index in [1.165, 1.54) is 0 Å². The molecule has 0 fully saturated rings. The van der Waals surface area contributed by atoms with Gasteiger partial charge in [-0.25, -0.2) is 8.42 Å². The number of halogens is 1. The van der Waals surface area contributed by atoms with Gasteiger partial charge in [-0.05, 0) is 36.2 Å². The van der Waals surface area contributed by atoms with Crippen molar-refractivity contribution in [1.29, 1.82) is 0 Å². The van der Waals surface area contributed by atoms with Crippen molar-refractivity contribution in [2.75, 3.05) is 17.1 Å². The standard InChI is InChI=1S/C18H21BrN2O3S/c1-3-17(14-7-5-4-6-8-14)20-18(22)13-21(25(2,23)24)16-11-9-15(19)10-12-16/h4-12,17H,3,13H2,1-2H3,(H,20,22)/t17-/m0/s1. The highest BCUT2D eigenvalue weighted by Gasteiger charge is 2.22. The van der Waals surface area contributed by atoms with Gasteiger partial charge < -0.3 is 5.32 Å². The lowest BCUT2D eigenvalue weighted by molar-refractivity contribution is -0.120. The first-order valence-corrected chi connectivity index (χ1v) is 10.5. The molecule has 0 unspecified atom stereocenters. The van der Waals surface area contributed by atoms with Crippen molar-refractivity contribution < 1.29 is 13.2 Å². The molecule has 0 bridgehead atoms. The summed E-state index contributed by atoms with van der Waals surface area (Å²) in [6, 6.07) is 16.3. The molecule has 0 saturated carbocycles. The van der Waals surface area contributed by atoms with Gasteiger partial charge in [0.05, 0.1) is 18.0 Å². The number of benzene rings is 2. The van der Waals surface area contributed by atoms with Crippen LogP contribution < -0.4 is 9.62 Å². The molecule has 2 rings (SSSR count). The first-order chi connectivity index (χ1) is 11.8. The number of hydrogen-bond donors (Lipinski definition) is 1. The quantitative estimate of drug-likeness (QED) is 0.739. The van der Waals surface area contributed by atoms with Crippen molar-refractivity contribution in [1.82, 2.24) is 5.32 Å². The smallest absolute Gasteiger partial charge is 0.241 e. The Balaban J connectivity index is 2.15. The largest absolute Gasteiger partial charge is 0.348 e. The summed E-state index contributed by atoms with van der Waals surface area (Å²) in [4.78, 5) is 12.5. The Bertz CT molecular complexity index is 808. The summed E-state index contributed by atoms with van der Waals surface area (Å²) in [5, 5.41) is 2.91. The first-order valence-electron chi connectivity index (χ1n) is 7.89. The third-order valence-electron chi connectivity index (χ3n) is 3.75. The average molecular weight is 425 g/mol. The molecule has 1 amide bonds. The summed E-state index contributed by atoms with van der Waals surface area (Å²) in [7, 11) is -3.58. The molecule has 25 heavy (non-hydrogen) atoms. The molecule has 2 aromatic carbocycles. The topological polar surface area (TPSA) is 66.5 Å². The molecule has 0 aliphatic rings. The highest BCUT2D eigenvalue weighted by molar-refractivity contribution is 9.10. The summed E-state index contributed by atoms with van der Waals surface area (Å²) in [6.45, 7) is 1.71. The van der Waals surface area contributed by atoms with E-state index in [2.05, 4.69) is 21.2 Å². The molecular formula is C18H21BrN2O3S. The van der Waals surface area contributed by atoms with Crippen molar-refractivity contribution in [2.24, 2.45) is 0 Å². The molecule has 5 nitrogen and oxygen atoms in total. The average Bonchev–Trinajstić information content (AvgIpc) is 2.58. The van der Waals surface area contributed by atoms with Crippen LogP contribution in [0.5, 0.6) is 0 Å². The number of rotatable bonds is 7. The summed E-state index contributed by atoms with van der Waals surface area (Å²) >= 11 is 3.32. The molecule has 0 spiro atoms. The van der Waals surface area contributed by atoms with Crippen LogP contribution in [0.3, 0.4) is 0 Å². The lowest BCUT2D eigenvalue weighted by atomic mass is 10.0. The zero-order valence-corrected chi connectivity index (χ0v) is 16.5. The number of hydrogen-bond acceptors (Lipinski definition) is 3. The Kier molecular flexibility index (Phi) is 6.61. The number of carbonyl (C=O) groups is 1. The van der Waals surface area contributed by atoms with E-state index in [0.717, 1.165) is 20.6 Å². The van der Waals surface area contributed by atoms with Crippen molar-refractivity contribution in [2.45, 2.75) is 19.4 Å². The minimum absolute atomic E-state index is 0.153. The first kappa shape index (κ1) is 19.5. The van der Waals surface area contributed by atoms with E-state index in [1.807, 2.05) is 37.3 Å². The molecule has 0 aliphatic carbocycles. The molecule has 7 heteroatoms. The Labute approximate surface area is 157 Å². The molecule has 1 N–H and O–H groups in total. The summed E-state index contributed by atoms with van der Waals surface area (Å²) in [5.74, 6) is -0.343. The van der Waals surface area contributed by atoms with Crippen LogP contribution in [0.4, 0.5) is 5.69 Å². The SMILES string of the molecule is CC[C@H](NC(=O)CN(c1ccc(Br)cc1)S(C)(=O)=O)c1ccccc1. The maximum absolute atomic E-state index is 12.5. The molecule has 0 radical (unpaired) electrons. The lowest BCUT2D eigenvalue weighted by Crippen LogP contribution is -2.41. The van der Waals surface area contributed by atoms with Gasteiger partial charge in [0.15, 0.2) is 0 Å². The van der Waals surface area contributed by atoms with E-state index in [-0.39, 0.29) is 18.5 Å².